The van der Waals surface area contributed by atoms with Gasteiger partial charge in [0.25, 0.3) is 0 Å². The van der Waals surface area contributed by atoms with Gasteiger partial charge < -0.3 is 4.57 Å². The molecule has 1 N–H and O–H groups in total. The number of nitrogens with one attached hydrogen (secondary N) is 1. The summed E-state index contributed by atoms with van der Waals surface area (Å²) in [5.41, 5.74) is 7.59. The van der Waals surface area contributed by atoms with Gasteiger partial charge in [-0.2, -0.15) is 5.10 Å². The molecule has 0 spiro atoms. The largest absolute Gasteiger partial charge is 0.344 e. The van der Waals surface area contributed by atoms with E-state index in [0.29, 0.717) is 0 Å². The third kappa shape index (κ3) is 2.46. The van der Waals surface area contributed by atoms with E-state index in [1.807, 2.05) is 36.5 Å². The maximum atomic E-state index is 4.32. The number of hydrogen-bond acceptors (Lipinski definition) is 2. The van der Waals surface area contributed by atoms with Crippen LogP contribution in [0, 0.1) is 0 Å². The number of aromatic nitrogens is 1. The fraction of sp³-hybridized carbons (Fsp3) is 0.0500. The van der Waals surface area contributed by atoms with Crippen molar-refractivity contribution in [3.05, 3.63) is 78.4 Å². The van der Waals surface area contributed by atoms with E-state index in [1.165, 1.54) is 21.8 Å². The highest BCUT2D eigenvalue weighted by atomic mass is 15.3. The Morgan fingerprint density at radius 3 is 2.43 bits per heavy atom. The normalized spacial score (nSPS) is 11.5. The summed E-state index contributed by atoms with van der Waals surface area (Å²) in [6.45, 7) is 0. The highest BCUT2D eigenvalue weighted by Gasteiger charge is 2.07. The smallest absolute Gasteiger partial charge is 0.0561 e. The lowest BCUT2D eigenvalue weighted by Gasteiger charge is -2.00. The molecule has 0 amide bonds. The number of fused-ring (bicyclic) bond motifs is 3. The molecule has 3 nitrogen and oxygen atoms in total. The summed E-state index contributed by atoms with van der Waals surface area (Å²) in [5, 5.41) is 6.85. The van der Waals surface area contributed by atoms with E-state index in [-0.39, 0.29) is 0 Å². The molecule has 0 aliphatic heterocycles. The second-order valence-corrected chi connectivity index (χ2v) is 5.59. The highest BCUT2D eigenvalue weighted by molar-refractivity contribution is 6.09. The van der Waals surface area contributed by atoms with Crippen LogP contribution in [-0.4, -0.2) is 10.8 Å². The van der Waals surface area contributed by atoms with Gasteiger partial charge in [-0.05, 0) is 35.9 Å². The van der Waals surface area contributed by atoms with E-state index in [2.05, 4.69) is 64.6 Å². The van der Waals surface area contributed by atoms with E-state index < -0.39 is 0 Å². The summed E-state index contributed by atoms with van der Waals surface area (Å²) >= 11 is 0. The number of rotatable bonds is 3. The van der Waals surface area contributed by atoms with Crippen molar-refractivity contribution in [2.45, 2.75) is 0 Å². The van der Waals surface area contributed by atoms with Gasteiger partial charge in [-0.15, -0.1) is 0 Å². The van der Waals surface area contributed by atoms with Crippen molar-refractivity contribution in [1.82, 2.24) is 4.57 Å². The molecule has 1 aromatic heterocycles. The Bertz CT molecular complexity index is 997. The minimum Gasteiger partial charge on any atom is -0.344 e. The van der Waals surface area contributed by atoms with Gasteiger partial charge in [0.05, 0.1) is 11.9 Å². The minimum atomic E-state index is 0.981. The summed E-state index contributed by atoms with van der Waals surface area (Å²) < 4.78 is 2.23. The predicted molar refractivity (Wildman–Crippen MR) is 98.1 cm³/mol. The standard InChI is InChI=1S/C20H17N3/c1-23-19-10-6-5-9-17(19)18-13-15(11-12-20(18)23)14-21-22-16-7-3-2-4-8-16/h2-14,22H,1H3/b21-14+. The second-order valence-electron chi connectivity index (χ2n) is 5.59. The summed E-state index contributed by atoms with van der Waals surface area (Å²) in [4.78, 5) is 0. The van der Waals surface area contributed by atoms with Gasteiger partial charge >= 0.3 is 0 Å². The molecule has 4 rings (SSSR count). The lowest BCUT2D eigenvalue weighted by molar-refractivity contribution is 1.01. The minimum absolute atomic E-state index is 0.981. The Hall–Kier alpha value is -3.07. The molecular weight excluding hydrogens is 282 g/mol. The topological polar surface area (TPSA) is 29.3 Å². The Balaban J connectivity index is 1.70. The van der Waals surface area contributed by atoms with Gasteiger partial charge in [0.1, 0.15) is 0 Å². The van der Waals surface area contributed by atoms with Crippen LogP contribution in [0.1, 0.15) is 5.56 Å². The molecule has 3 aromatic carbocycles. The van der Waals surface area contributed by atoms with E-state index in [0.717, 1.165) is 11.3 Å². The summed E-state index contributed by atoms with van der Waals surface area (Å²) in [6, 6.07) is 24.9. The molecule has 0 saturated heterocycles. The van der Waals surface area contributed by atoms with E-state index in [1.54, 1.807) is 0 Å². The van der Waals surface area contributed by atoms with E-state index >= 15 is 0 Å². The van der Waals surface area contributed by atoms with Crippen LogP contribution in [0.15, 0.2) is 77.9 Å². The van der Waals surface area contributed by atoms with Crippen molar-refractivity contribution in [3.63, 3.8) is 0 Å². The number of nitrogens with zero attached hydrogens (tertiary/aromatic N) is 2. The first kappa shape index (κ1) is 13.6. The van der Waals surface area contributed by atoms with E-state index in [9.17, 15) is 0 Å². The Kier molecular flexibility index (Phi) is 3.31. The first-order chi connectivity index (χ1) is 11.3. The van der Waals surface area contributed by atoms with E-state index in [4.69, 9.17) is 0 Å². The SMILES string of the molecule is Cn1c2ccccc2c2cc(/C=N/Nc3ccccc3)ccc21. The number of anilines is 1. The first-order valence-electron chi connectivity index (χ1n) is 7.64. The number of aryl methyl sites for hydroxylation is 1. The van der Waals surface area contributed by atoms with Gasteiger partial charge in [-0.1, -0.05) is 42.5 Å². The zero-order chi connectivity index (χ0) is 15.6. The average Bonchev–Trinajstić information content (AvgIpc) is 2.89. The summed E-state index contributed by atoms with van der Waals surface area (Å²) in [6.07, 6.45) is 1.86. The zero-order valence-corrected chi connectivity index (χ0v) is 12.9. The molecule has 0 atom stereocenters. The average molecular weight is 299 g/mol. The van der Waals surface area contributed by atoms with Crippen LogP contribution in [-0.2, 0) is 7.05 Å². The monoisotopic (exact) mass is 299 g/mol. The molecule has 3 heteroatoms. The molecule has 1 heterocycles. The van der Waals surface area contributed by atoms with Crippen molar-refractivity contribution in [3.8, 4) is 0 Å². The van der Waals surface area contributed by atoms with Crippen molar-refractivity contribution >= 4 is 33.7 Å². The highest BCUT2D eigenvalue weighted by Crippen LogP contribution is 2.28. The molecule has 4 aromatic rings. The molecular formula is C20H17N3. The molecule has 0 fully saturated rings. The lowest BCUT2D eigenvalue weighted by Crippen LogP contribution is -1.90. The molecule has 23 heavy (non-hydrogen) atoms. The van der Waals surface area contributed by atoms with Gasteiger partial charge in [0.2, 0.25) is 0 Å². The van der Waals surface area contributed by atoms with Crippen molar-refractivity contribution in [2.75, 3.05) is 5.43 Å². The van der Waals surface area contributed by atoms with Crippen LogP contribution in [0.25, 0.3) is 21.8 Å². The first-order valence-corrected chi connectivity index (χ1v) is 7.64. The summed E-state index contributed by atoms with van der Waals surface area (Å²) in [7, 11) is 2.11. The van der Waals surface area contributed by atoms with Crippen LogP contribution < -0.4 is 5.43 Å². The maximum Gasteiger partial charge on any atom is 0.0561 e. The van der Waals surface area contributed by atoms with Crippen LogP contribution in [0.2, 0.25) is 0 Å². The van der Waals surface area contributed by atoms with Crippen LogP contribution in [0.4, 0.5) is 5.69 Å². The number of hydrogen-bond donors (Lipinski definition) is 1. The molecule has 112 valence electrons. The van der Waals surface area contributed by atoms with Gasteiger partial charge in [0.15, 0.2) is 0 Å². The van der Waals surface area contributed by atoms with Gasteiger partial charge in [-0.25, -0.2) is 0 Å². The fourth-order valence-corrected chi connectivity index (χ4v) is 2.96. The molecule has 0 saturated carbocycles. The van der Waals surface area contributed by atoms with Crippen LogP contribution >= 0.6 is 0 Å². The fourth-order valence-electron chi connectivity index (χ4n) is 2.96. The third-order valence-corrected chi connectivity index (χ3v) is 4.12. The number of para-hydroxylation sites is 2. The Morgan fingerprint density at radius 2 is 1.57 bits per heavy atom. The van der Waals surface area contributed by atoms with Crippen LogP contribution in [0.5, 0.6) is 0 Å². The Morgan fingerprint density at radius 1 is 0.826 bits per heavy atom. The molecule has 0 aliphatic rings. The second kappa shape index (κ2) is 5.61. The molecule has 0 aliphatic carbocycles. The predicted octanol–water partition coefficient (Wildman–Crippen LogP) is 4.78. The van der Waals surface area contributed by atoms with Crippen LogP contribution in [0.3, 0.4) is 0 Å². The number of benzene rings is 3. The van der Waals surface area contributed by atoms with Gasteiger partial charge in [0, 0.05) is 28.9 Å². The summed E-state index contributed by atoms with van der Waals surface area (Å²) in [5.74, 6) is 0. The van der Waals surface area contributed by atoms with Crippen molar-refractivity contribution in [2.24, 2.45) is 12.1 Å². The number of hydrazone groups is 1. The zero-order valence-electron chi connectivity index (χ0n) is 12.9. The molecule has 0 radical (unpaired) electrons. The third-order valence-electron chi connectivity index (χ3n) is 4.12. The lowest BCUT2D eigenvalue weighted by atomic mass is 10.1. The van der Waals surface area contributed by atoms with Crippen molar-refractivity contribution in [1.29, 1.82) is 0 Å². The maximum absolute atomic E-state index is 4.32. The molecule has 0 unspecified atom stereocenters. The molecule has 0 bridgehead atoms. The quantitative estimate of drug-likeness (QED) is 0.428. The Labute approximate surface area is 134 Å². The van der Waals surface area contributed by atoms with Crippen molar-refractivity contribution < 1.29 is 0 Å². The van der Waals surface area contributed by atoms with Gasteiger partial charge in [-0.3, -0.25) is 5.43 Å².